The molecule has 0 heterocycles. The van der Waals surface area contributed by atoms with E-state index in [1.165, 1.54) is 19.2 Å². The summed E-state index contributed by atoms with van der Waals surface area (Å²) in [6.45, 7) is 5.11. The molecular formula is C14H18FNO4. The minimum atomic E-state index is -0.981. The normalized spacial score (nSPS) is 12.4. The van der Waals surface area contributed by atoms with Gasteiger partial charge in [-0.15, -0.1) is 0 Å². The Labute approximate surface area is 117 Å². The highest BCUT2D eigenvalue weighted by molar-refractivity contribution is 5.74. The Morgan fingerprint density at radius 1 is 1.40 bits per heavy atom. The van der Waals surface area contributed by atoms with Gasteiger partial charge in [0.05, 0.1) is 7.11 Å². The fourth-order valence-corrected chi connectivity index (χ4v) is 1.51. The van der Waals surface area contributed by atoms with Crippen LogP contribution in [0.1, 0.15) is 32.4 Å². The molecule has 20 heavy (non-hydrogen) atoms. The molecule has 1 aromatic rings. The zero-order valence-corrected chi connectivity index (χ0v) is 11.9. The number of halogens is 1. The Balaban J connectivity index is 2.83. The van der Waals surface area contributed by atoms with Gasteiger partial charge in [0.25, 0.3) is 0 Å². The van der Waals surface area contributed by atoms with Gasteiger partial charge < -0.3 is 19.6 Å². The van der Waals surface area contributed by atoms with Gasteiger partial charge >= 0.3 is 6.09 Å². The third-order valence-electron chi connectivity index (χ3n) is 2.34. The van der Waals surface area contributed by atoms with Gasteiger partial charge in [-0.25, -0.2) is 9.18 Å². The number of benzene rings is 1. The Morgan fingerprint density at radius 2 is 2.05 bits per heavy atom. The van der Waals surface area contributed by atoms with Crippen molar-refractivity contribution in [3.05, 3.63) is 29.6 Å². The van der Waals surface area contributed by atoms with Crippen LogP contribution in [0.4, 0.5) is 9.18 Å². The summed E-state index contributed by atoms with van der Waals surface area (Å²) >= 11 is 0. The highest BCUT2D eigenvalue weighted by atomic mass is 19.1. The number of hydrogen-bond acceptors (Lipinski definition) is 4. The maximum atomic E-state index is 13.6. The number of carbonyl (C=O) groups is 2. The quantitative estimate of drug-likeness (QED) is 0.863. The second-order valence-electron chi connectivity index (χ2n) is 5.15. The smallest absolute Gasteiger partial charge is 0.408 e. The summed E-state index contributed by atoms with van der Waals surface area (Å²) in [4.78, 5) is 22.6. The van der Waals surface area contributed by atoms with Crippen LogP contribution in [0.3, 0.4) is 0 Å². The molecule has 0 aliphatic heterocycles. The minimum absolute atomic E-state index is 0.0654. The number of amides is 1. The summed E-state index contributed by atoms with van der Waals surface area (Å²) in [5.41, 5.74) is -0.368. The van der Waals surface area contributed by atoms with Gasteiger partial charge in [-0.2, -0.15) is 0 Å². The topological polar surface area (TPSA) is 64.6 Å². The lowest BCUT2D eigenvalue weighted by atomic mass is 10.1. The van der Waals surface area contributed by atoms with E-state index >= 15 is 0 Å². The third kappa shape index (κ3) is 4.53. The molecule has 0 fully saturated rings. The molecule has 0 saturated heterocycles. The van der Waals surface area contributed by atoms with E-state index in [1.54, 1.807) is 20.8 Å². The van der Waals surface area contributed by atoms with Crippen LogP contribution in [0.25, 0.3) is 0 Å². The first kappa shape index (κ1) is 15.9. The first-order valence-electron chi connectivity index (χ1n) is 6.05. The van der Waals surface area contributed by atoms with Gasteiger partial charge in [0.15, 0.2) is 11.6 Å². The maximum Gasteiger partial charge on any atom is 0.408 e. The molecule has 0 aliphatic carbocycles. The number of ether oxygens (including phenoxy) is 2. The summed E-state index contributed by atoms with van der Waals surface area (Å²) in [6, 6.07) is 3.04. The number of aldehydes is 1. The zero-order valence-electron chi connectivity index (χ0n) is 11.9. The number of alkyl carbamates (subject to hydrolysis) is 1. The van der Waals surface area contributed by atoms with Gasteiger partial charge in [0.2, 0.25) is 0 Å². The van der Waals surface area contributed by atoms with Crippen molar-refractivity contribution in [2.75, 3.05) is 7.11 Å². The van der Waals surface area contributed by atoms with Crippen LogP contribution in [0.2, 0.25) is 0 Å². The fraction of sp³-hybridized carbons (Fsp3) is 0.429. The molecule has 0 spiro atoms. The van der Waals surface area contributed by atoms with Gasteiger partial charge in [0.1, 0.15) is 17.9 Å². The van der Waals surface area contributed by atoms with E-state index in [-0.39, 0.29) is 5.75 Å². The molecule has 1 unspecified atom stereocenters. The lowest BCUT2D eigenvalue weighted by molar-refractivity contribution is -0.109. The summed E-state index contributed by atoms with van der Waals surface area (Å²) in [7, 11) is 1.34. The van der Waals surface area contributed by atoms with Crippen molar-refractivity contribution in [2.24, 2.45) is 0 Å². The number of hydrogen-bond donors (Lipinski definition) is 1. The first-order chi connectivity index (χ1) is 9.26. The molecule has 0 bridgehead atoms. The zero-order chi connectivity index (χ0) is 15.3. The molecule has 110 valence electrons. The van der Waals surface area contributed by atoms with Gasteiger partial charge in [-0.1, -0.05) is 6.07 Å². The third-order valence-corrected chi connectivity index (χ3v) is 2.34. The Bertz CT molecular complexity index is 496. The van der Waals surface area contributed by atoms with Crippen LogP contribution >= 0.6 is 0 Å². The van der Waals surface area contributed by atoms with Crippen molar-refractivity contribution in [1.82, 2.24) is 5.32 Å². The highest BCUT2D eigenvalue weighted by Gasteiger charge is 2.20. The van der Waals surface area contributed by atoms with Crippen molar-refractivity contribution in [2.45, 2.75) is 32.4 Å². The molecular weight excluding hydrogens is 265 g/mol. The average Bonchev–Trinajstić information content (AvgIpc) is 2.33. The van der Waals surface area contributed by atoms with Crippen LogP contribution in [0, 0.1) is 5.82 Å². The molecule has 0 radical (unpaired) electrons. The lowest BCUT2D eigenvalue weighted by Gasteiger charge is -2.21. The number of carbonyl (C=O) groups excluding carboxylic acids is 2. The van der Waals surface area contributed by atoms with Crippen molar-refractivity contribution in [3.8, 4) is 5.75 Å². The average molecular weight is 283 g/mol. The van der Waals surface area contributed by atoms with Crippen LogP contribution in [-0.4, -0.2) is 25.1 Å². The van der Waals surface area contributed by atoms with Crippen molar-refractivity contribution < 1.29 is 23.5 Å². The standard InChI is InChI=1S/C14H18FNO4/c1-14(2,3)20-13(18)16-11(8-17)9-5-6-12(19-4)10(15)7-9/h5-8,11H,1-4H3,(H,16,18). The van der Waals surface area contributed by atoms with E-state index in [1.807, 2.05) is 0 Å². The number of rotatable bonds is 4. The predicted octanol–water partition coefficient (Wildman–Crippen LogP) is 2.60. The number of nitrogens with one attached hydrogen (secondary N) is 1. The summed E-state index contributed by atoms with van der Waals surface area (Å²) < 4.78 is 23.4. The van der Waals surface area contributed by atoms with Crippen LogP contribution in [-0.2, 0) is 9.53 Å². The largest absolute Gasteiger partial charge is 0.494 e. The Hall–Kier alpha value is -2.11. The molecule has 1 rings (SSSR count). The highest BCUT2D eigenvalue weighted by Crippen LogP contribution is 2.21. The molecule has 1 amide bonds. The molecule has 6 heteroatoms. The van der Waals surface area contributed by atoms with E-state index in [9.17, 15) is 14.0 Å². The molecule has 0 aromatic heterocycles. The summed E-state index contributed by atoms with van der Waals surface area (Å²) in [5.74, 6) is -0.543. The fourth-order valence-electron chi connectivity index (χ4n) is 1.51. The van der Waals surface area contributed by atoms with E-state index in [0.29, 0.717) is 11.8 Å². The van der Waals surface area contributed by atoms with Crippen molar-refractivity contribution in [1.29, 1.82) is 0 Å². The summed E-state index contributed by atoms with van der Waals surface area (Å²) in [5, 5.41) is 2.37. The molecule has 0 aliphatic rings. The van der Waals surface area contributed by atoms with Gasteiger partial charge in [-0.05, 0) is 38.5 Å². The van der Waals surface area contributed by atoms with Crippen molar-refractivity contribution >= 4 is 12.4 Å². The Morgan fingerprint density at radius 3 is 2.50 bits per heavy atom. The van der Waals surface area contributed by atoms with E-state index in [4.69, 9.17) is 9.47 Å². The molecule has 1 aromatic carbocycles. The van der Waals surface area contributed by atoms with E-state index < -0.39 is 23.6 Å². The van der Waals surface area contributed by atoms with Crippen molar-refractivity contribution in [3.63, 3.8) is 0 Å². The second-order valence-corrected chi connectivity index (χ2v) is 5.15. The summed E-state index contributed by atoms with van der Waals surface area (Å²) in [6.07, 6.45) is -0.239. The minimum Gasteiger partial charge on any atom is -0.494 e. The second kappa shape index (κ2) is 6.36. The number of methoxy groups -OCH3 is 1. The molecule has 5 nitrogen and oxygen atoms in total. The van der Waals surface area contributed by atoms with Gasteiger partial charge in [-0.3, -0.25) is 0 Å². The molecule has 1 atom stereocenters. The first-order valence-corrected chi connectivity index (χ1v) is 6.05. The van der Waals surface area contributed by atoms with E-state index in [2.05, 4.69) is 5.32 Å². The van der Waals surface area contributed by atoms with Gasteiger partial charge in [0, 0.05) is 0 Å². The maximum absolute atomic E-state index is 13.6. The van der Waals surface area contributed by atoms with E-state index in [0.717, 1.165) is 6.07 Å². The molecule has 1 N–H and O–H groups in total. The van der Waals surface area contributed by atoms with Crippen LogP contribution < -0.4 is 10.1 Å². The molecule has 0 saturated carbocycles. The lowest BCUT2D eigenvalue weighted by Crippen LogP contribution is -2.35. The van der Waals surface area contributed by atoms with Crippen LogP contribution in [0.15, 0.2) is 18.2 Å². The predicted molar refractivity (Wildman–Crippen MR) is 71.1 cm³/mol. The SMILES string of the molecule is COc1ccc(C(C=O)NC(=O)OC(C)(C)C)cc1F. The monoisotopic (exact) mass is 283 g/mol. The Kier molecular flexibility index (Phi) is 5.07. The van der Waals surface area contributed by atoms with Crippen LogP contribution in [0.5, 0.6) is 5.75 Å².